The number of unbranched alkanes of at least 4 members (excludes halogenated alkanes) is 4. The van der Waals surface area contributed by atoms with E-state index >= 15 is 0 Å². The van der Waals surface area contributed by atoms with Gasteiger partial charge < -0.3 is 4.74 Å². The molecule has 5 heteroatoms. The number of ether oxygens (including phenoxy) is 1. The second-order valence-corrected chi connectivity index (χ2v) is 6.23. The fourth-order valence-corrected chi connectivity index (χ4v) is 2.51. The Bertz CT molecular complexity index is 694. The SMILES string of the molecule is CCCCCCC/N=C/c1ccc(OCc2ccc([N+](=O)[O-])cc2)cc1. The van der Waals surface area contributed by atoms with E-state index in [1.165, 1.54) is 37.8 Å². The molecular weight excluding hydrogens is 328 g/mol. The van der Waals surface area contributed by atoms with Crippen molar-refractivity contribution in [1.29, 1.82) is 0 Å². The Balaban J connectivity index is 1.74. The van der Waals surface area contributed by atoms with Gasteiger partial charge in [0.05, 0.1) is 4.92 Å². The number of benzene rings is 2. The van der Waals surface area contributed by atoms with E-state index in [1.807, 2.05) is 30.5 Å². The molecule has 0 amide bonds. The zero-order valence-corrected chi connectivity index (χ0v) is 15.3. The number of nitro benzene ring substituents is 1. The number of aliphatic imine (C=N–C) groups is 1. The van der Waals surface area contributed by atoms with Crippen LogP contribution in [0.3, 0.4) is 0 Å². The van der Waals surface area contributed by atoms with Crippen LogP contribution >= 0.6 is 0 Å². The van der Waals surface area contributed by atoms with Crippen molar-refractivity contribution in [3.63, 3.8) is 0 Å². The molecule has 2 aromatic carbocycles. The van der Waals surface area contributed by atoms with E-state index in [0.29, 0.717) is 6.61 Å². The third-order valence-corrected chi connectivity index (χ3v) is 4.06. The van der Waals surface area contributed by atoms with Crippen LogP contribution in [-0.2, 0) is 6.61 Å². The van der Waals surface area contributed by atoms with Gasteiger partial charge >= 0.3 is 0 Å². The first-order valence-corrected chi connectivity index (χ1v) is 9.15. The van der Waals surface area contributed by atoms with Gasteiger partial charge in [-0.05, 0) is 53.9 Å². The van der Waals surface area contributed by atoms with E-state index < -0.39 is 4.92 Å². The minimum Gasteiger partial charge on any atom is -0.489 e. The van der Waals surface area contributed by atoms with Gasteiger partial charge in [0.2, 0.25) is 0 Å². The Morgan fingerprint density at radius 1 is 1.00 bits per heavy atom. The molecule has 0 aliphatic rings. The third-order valence-electron chi connectivity index (χ3n) is 4.06. The first kappa shape index (κ1) is 19.6. The van der Waals surface area contributed by atoms with E-state index in [2.05, 4.69) is 11.9 Å². The molecule has 0 saturated carbocycles. The standard InChI is InChI=1S/C21H26N2O3/c1-2-3-4-5-6-15-22-16-18-9-13-21(14-10-18)26-17-19-7-11-20(12-8-19)23(24)25/h7-14,16H,2-6,15,17H2,1H3/b22-16+. The molecule has 0 fully saturated rings. The normalized spacial score (nSPS) is 11.0. The Morgan fingerprint density at radius 3 is 2.35 bits per heavy atom. The highest BCUT2D eigenvalue weighted by molar-refractivity contribution is 5.79. The summed E-state index contributed by atoms with van der Waals surface area (Å²) in [6, 6.07) is 14.2. The molecule has 0 aliphatic carbocycles. The van der Waals surface area contributed by atoms with Gasteiger partial charge in [-0.3, -0.25) is 15.1 Å². The number of rotatable bonds is 11. The Hall–Kier alpha value is -2.69. The second-order valence-electron chi connectivity index (χ2n) is 6.23. The number of nitro groups is 1. The van der Waals surface area contributed by atoms with E-state index in [9.17, 15) is 10.1 Å². The summed E-state index contributed by atoms with van der Waals surface area (Å²) in [5, 5.41) is 10.6. The molecular formula is C21H26N2O3. The van der Waals surface area contributed by atoms with Crippen LogP contribution in [0.15, 0.2) is 53.5 Å². The minimum absolute atomic E-state index is 0.0859. The van der Waals surface area contributed by atoms with E-state index in [4.69, 9.17) is 4.74 Å². The first-order chi connectivity index (χ1) is 12.7. The number of non-ortho nitro benzene ring substituents is 1. The number of hydrogen-bond donors (Lipinski definition) is 0. The van der Waals surface area contributed by atoms with Crippen molar-refractivity contribution in [1.82, 2.24) is 0 Å². The Labute approximate surface area is 154 Å². The third kappa shape index (κ3) is 7.05. The largest absolute Gasteiger partial charge is 0.489 e. The zero-order valence-electron chi connectivity index (χ0n) is 15.3. The maximum absolute atomic E-state index is 10.6. The molecule has 26 heavy (non-hydrogen) atoms. The monoisotopic (exact) mass is 354 g/mol. The summed E-state index contributed by atoms with van der Waals surface area (Å²) in [6.07, 6.45) is 8.17. The van der Waals surface area contributed by atoms with Crippen molar-refractivity contribution in [2.45, 2.75) is 45.6 Å². The number of hydrogen-bond acceptors (Lipinski definition) is 4. The van der Waals surface area contributed by atoms with Gasteiger partial charge in [-0.15, -0.1) is 0 Å². The highest BCUT2D eigenvalue weighted by Crippen LogP contribution is 2.16. The molecule has 0 N–H and O–H groups in total. The van der Waals surface area contributed by atoms with Crippen molar-refractivity contribution >= 4 is 11.9 Å². The molecule has 0 unspecified atom stereocenters. The smallest absolute Gasteiger partial charge is 0.269 e. The molecule has 2 aromatic rings. The number of nitrogens with zero attached hydrogens (tertiary/aromatic N) is 2. The summed E-state index contributed by atoms with van der Waals surface area (Å²) in [5.41, 5.74) is 2.04. The lowest BCUT2D eigenvalue weighted by Gasteiger charge is -2.06. The molecule has 0 heterocycles. The summed E-state index contributed by atoms with van der Waals surface area (Å²) in [7, 11) is 0. The lowest BCUT2D eigenvalue weighted by Crippen LogP contribution is -1.96. The predicted octanol–water partition coefficient (Wildman–Crippen LogP) is 5.56. The van der Waals surface area contributed by atoms with Crippen LogP contribution in [0, 0.1) is 10.1 Å². The first-order valence-electron chi connectivity index (χ1n) is 9.15. The van der Waals surface area contributed by atoms with Gasteiger partial charge in [0.15, 0.2) is 0 Å². The van der Waals surface area contributed by atoms with E-state index in [-0.39, 0.29) is 5.69 Å². The summed E-state index contributed by atoms with van der Waals surface area (Å²) in [4.78, 5) is 14.7. The van der Waals surface area contributed by atoms with Gasteiger partial charge in [-0.2, -0.15) is 0 Å². The van der Waals surface area contributed by atoms with Crippen molar-refractivity contribution in [3.8, 4) is 5.75 Å². The van der Waals surface area contributed by atoms with Crippen molar-refractivity contribution in [3.05, 3.63) is 69.8 Å². The topological polar surface area (TPSA) is 64.7 Å². The van der Waals surface area contributed by atoms with Crippen LogP contribution in [0.5, 0.6) is 5.75 Å². The van der Waals surface area contributed by atoms with Crippen LogP contribution in [0.4, 0.5) is 5.69 Å². The van der Waals surface area contributed by atoms with Crippen LogP contribution in [-0.4, -0.2) is 17.7 Å². The zero-order chi connectivity index (χ0) is 18.6. The highest BCUT2D eigenvalue weighted by atomic mass is 16.6. The van der Waals surface area contributed by atoms with Crippen LogP contribution in [0.25, 0.3) is 0 Å². The summed E-state index contributed by atoms with van der Waals surface area (Å²) < 4.78 is 5.71. The maximum atomic E-state index is 10.6. The quantitative estimate of drug-likeness (QED) is 0.229. The molecule has 2 rings (SSSR count). The van der Waals surface area contributed by atoms with Gasteiger partial charge in [0.25, 0.3) is 5.69 Å². The average Bonchev–Trinajstić information content (AvgIpc) is 2.67. The van der Waals surface area contributed by atoms with Crippen molar-refractivity contribution < 1.29 is 9.66 Å². The Morgan fingerprint density at radius 2 is 1.69 bits per heavy atom. The van der Waals surface area contributed by atoms with Crippen LogP contribution in [0.2, 0.25) is 0 Å². The lowest BCUT2D eigenvalue weighted by atomic mass is 10.1. The average molecular weight is 354 g/mol. The summed E-state index contributed by atoms with van der Waals surface area (Å²) in [5.74, 6) is 0.764. The van der Waals surface area contributed by atoms with Gasteiger partial charge in [0, 0.05) is 24.9 Å². The maximum Gasteiger partial charge on any atom is 0.269 e. The fraction of sp³-hybridized carbons (Fsp3) is 0.381. The van der Waals surface area contributed by atoms with Crippen molar-refractivity contribution in [2.24, 2.45) is 4.99 Å². The summed E-state index contributed by atoms with van der Waals surface area (Å²) >= 11 is 0. The lowest BCUT2D eigenvalue weighted by molar-refractivity contribution is -0.384. The van der Waals surface area contributed by atoms with Gasteiger partial charge in [-0.1, -0.05) is 32.6 Å². The molecule has 0 aromatic heterocycles. The molecule has 0 bridgehead atoms. The highest BCUT2D eigenvalue weighted by Gasteiger charge is 2.04. The fourth-order valence-electron chi connectivity index (χ4n) is 2.51. The molecule has 0 spiro atoms. The second kappa shape index (κ2) is 11.0. The van der Waals surface area contributed by atoms with Crippen molar-refractivity contribution in [2.75, 3.05) is 6.54 Å². The molecule has 0 aliphatic heterocycles. The van der Waals surface area contributed by atoms with Gasteiger partial charge in [-0.25, -0.2) is 0 Å². The predicted molar refractivity (Wildman–Crippen MR) is 105 cm³/mol. The molecule has 0 atom stereocenters. The van der Waals surface area contributed by atoms with Crippen LogP contribution in [0.1, 0.15) is 50.2 Å². The van der Waals surface area contributed by atoms with Gasteiger partial charge in [0.1, 0.15) is 12.4 Å². The van der Waals surface area contributed by atoms with E-state index in [1.54, 1.807) is 12.1 Å². The minimum atomic E-state index is -0.407. The van der Waals surface area contributed by atoms with Crippen LogP contribution < -0.4 is 4.74 Å². The molecule has 5 nitrogen and oxygen atoms in total. The molecule has 0 radical (unpaired) electrons. The summed E-state index contributed by atoms with van der Waals surface area (Å²) in [6.45, 7) is 3.47. The Kier molecular flexibility index (Phi) is 8.33. The molecule has 0 saturated heterocycles. The van der Waals surface area contributed by atoms with E-state index in [0.717, 1.165) is 29.8 Å². The molecule has 138 valence electrons.